The number of nitrogens with one attached hydrogen (secondary N) is 1. The Balaban J connectivity index is 1.60. The Bertz CT molecular complexity index is 1520. The smallest absolute Gasteiger partial charge is 0.279 e. The van der Waals surface area contributed by atoms with Crippen molar-refractivity contribution in [1.29, 1.82) is 0 Å². The van der Waals surface area contributed by atoms with Crippen molar-refractivity contribution in [2.75, 3.05) is 11.8 Å². The van der Waals surface area contributed by atoms with Gasteiger partial charge in [0.1, 0.15) is 17.1 Å². The molecule has 0 aliphatic carbocycles. The highest BCUT2D eigenvalue weighted by atomic mass is 32.2. The fraction of sp³-hybridized carbons (Fsp3) is 0.130. The number of thiazole rings is 1. The molecule has 4 aromatic rings. The third-order valence-electron chi connectivity index (χ3n) is 5.03. The van der Waals surface area contributed by atoms with Crippen molar-refractivity contribution >= 4 is 43.2 Å². The molecule has 1 aromatic heterocycles. The standard InChI is InChI=1S/C23H20FN3O4S2/c1-14-4-13-19(31-3)20-21(14)32-23(27(20)2)25-22(28)15-5-9-17(10-6-15)26-33(29,30)18-11-7-16(24)8-12-18/h4-13,26H,1-3H3. The van der Waals surface area contributed by atoms with Gasteiger partial charge in [-0.3, -0.25) is 9.52 Å². The summed E-state index contributed by atoms with van der Waals surface area (Å²) in [6.45, 7) is 1.98. The molecule has 1 N–H and O–H groups in total. The van der Waals surface area contributed by atoms with Crippen molar-refractivity contribution in [1.82, 2.24) is 4.57 Å². The van der Waals surface area contributed by atoms with Crippen LogP contribution in [-0.4, -0.2) is 26.0 Å². The van der Waals surface area contributed by atoms with Crippen LogP contribution in [0, 0.1) is 12.7 Å². The van der Waals surface area contributed by atoms with E-state index in [-0.39, 0.29) is 10.6 Å². The Morgan fingerprint density at radius 3 is 2.36 bits per heavy atom. The Morgan fingerprint density at radius 2 is 1.73 bits per heavy atom. The molecule has 3 aromatic carbocycles. The number of benzene rings is 3. The minimum atomic E-state index is -3.88. The van der Waals surface area contributed by atoms with Gasteiger partial charge in [0.25, 0.3) is 15.9 Å². The maximum atomic E-state index is 13.1. The van der Waals surface area contributed by atoms with Crippen molar-refractivity contribution in [2.24, 2.45) is 12.0 Å². The number of rotatable bonds is 5. The van der Waals surface area contributed by atoms with E-state index < -0.39 is 21.7 Å². The predicted octanol–water partition coefficient (Wildman–Crippen LogP) is 4.24. The van der Waals surface area contributed by atoms with Crippen LogP contribution in [0.3, 0.4) is 0 Å². The molecule has 0 bridgehead atoms. The minimum Gasteiger partial charge on any atom is -0.495 e. The molecule has 7 nitrogen and oxygen atoms in total. The highest BCUT2D eigenvalue weighted by molar-refractivity contribution is 7.92. The molecule has 10 heteroatoms. The number of carbonyl (C=O) groups is 1. The predicted molar refractivity (Wildman–Crippen MR) is 126 cm³/mol. The molecule has 0 fully saturated rings. The summed E-state index contributed by atoms with van der Waals surface area (Å²) in [4.78, 5) is 17.5. The van der Waals surface area contributed by atoms with Crippen LogP contribution in [0.5, 0.6) is 5.75 Å². The van der Waals surface area contributed by atoms with Gasteiger partial charge in [-0.15, -0.1) is 0 Å². The van der Waals surface area contributed by atoms with Crippen LogP contribution in [0.1, 0.15) is 15.9 Å². The van der Waals surface area contributed by atoms with E-state index in [9.17, 15) is 17.6 Å². The second-order valence-corrected chi connectivity index (χ2v) is 9.92. The molecular weight excluding hydrogens is 465 g/mol. The number of methoxy groups -OCH3 is 1. The summed E-state index contributed by atoms with van der Waals surface area (Å²) in [5.74, 6) is -0.288. The van der Waals surface area contributed by atoms with Crippen LogP contribution in [0.2, 0.25) is 0 Å². The van der Waals surface area contributed by atoms with Crippen molar-refractivity contribution in [3.63, 3.8) is 0 Å². The molecule has 1 heterocycles. The van der Waals surface area contributed by atoms with Crippen LogP contribution in [0.4, 0.5) is 10.1 Å². The average molecular weight is 486 g/mol. The number of sulfonamides is 1. The maximum absolute atomic E-state index is 13.1. The maximum Gasteiger partial charge on any atom is 0.279 e. The zero-order chi connectivity index (χ0) is 23.8. The molecule has 0 saturated heterocycles. The van der Waals surface area contributed by atoms with Crippen molar-refractivity contribution in [2.45, 2.75) is 11.8 Å². The summed E-state index contributed by atoms with van der Waals surface area (Å²) in [5.41, 5.74) is 2.49. The van der Waals surface area contributed by atoms with Gasteiger partial charge in [0.15, 0.2) is 4.80 Å². The summed E-state index contributed by atoms with van der Waals surface area (Å²) in [7, 11) is -0.469. The van der Waals surface area contributed by atoms with Gasteiger partial charge in [-0.05, 0) is 67.1 Å². The van der Waals surface area contributed by atoms with Crippen LogP contribution >= 0.6 is 11.3 Å². The molecule has 0 aliphatic rings. The van der Waals surface area contributed by atoms with E-state index in [0.717, 1.165) is 27.9 Å². The van der Waals surface area contributed by atoms with E-state index >= 15 is 0 Å². The highest BCUT2D eigenvalue weighted by Gasteiger charge is 2.15. The van der Waals surface area contributed by atoms with Gasteiger partial charge < -0.3 is 9.30 Å². The molecule has 0 atom stereocenters. The summed E-state index contributed by atoms with van der Waals surface area (Å²) >= 11 is 1.39. The number of ether oxygens (including phenoxy) is 1. The molecule has 0 saturated carbocycles. The number of nitrogens with zero attached hydrogens (tertiary/aromatic N) is 2. The quantitative estimate of drug-likeness (QED) is 0.458. The Labute approximate surface area is 193 Å². The summed E-state index contributed by atoms with van der Waals surface area (Å²) in [6, 6.07) is 14.3. The van der Waals surface area contributed by atoms with Gasteiger partial charge in [-0.25, -0.2) is 12.8 Å². The van der Waals surface area contributed by atoms with E-state index in [0.29, 0.717) is 16.1 Å². The topological polar surface area (TPSA) is 89.8 Å². The van der Waals surface area contributed by atoms with Gasteiger partial charge in [0, 0.05) is 18.3 Å². The number of hydrogen-bond acceptors (Lipinski definition) is 5. The van der Waals surface area contributed by atoms with Crippen LogP contribution in [-0.2, 0) is 17.1 Å². The number of hydrogen-bond donors (Lipinski definition) is 1. The Hall–Kier alpha value is -3.50. The van der Waals surface area contributed by atoms with Gasteiger partial charge in [0.2, 0.25) is 0 Å². The largest absolute Gasteiger partial charge is 0.495 e. The third kappa shape index (κ3) is 4.53. The van der Waals surface area contributed by atoms with Crippen LogP contribution in [0.15, 0.2) is 70.6 Å². The lowest BCUT2D eigenvalue weighted by Crippen LogP contribution is -2.14. The zero-order valence-corrected chi connectivity index (χ0v) is 19.6. The molecular formula is C23H20FN3O4S2. The zero-order valence-electron chi connectivity index (χ0n) is 18.0. The van der Waals surface area contributed by atoms with Gasteiger partial charge in [-0.2, -0.15) is 4.99 Å². The van der Waals surface area contributed by atoms with Crippen molar-refractivity contribution in [3.05, 3.63) is 82.4 Å². The van der Waals surface area contributed by atoms with E-state index in [1.807, 2.05) is 30.7 Å². The van der Waals surface area contributed by atoms with E-state index in [1.54, 1.807) is 7.11 Å². The van der Waals surface area contributed by atoms with Crippen molar-refractivity contribution in [3.8, 4) is 5.75 Å². The van der Waals surface area contributed by atoms with Gasteiger partial charge >= 0.3 is 0 Å². The fourth-order valence-corrected chi connectivity index (χ4v) is 5.44. The van der Waals surface area contributed by atoms with Crippen LogP contribution in [0.25, 0.3) is 10.2 Å². The second kappa shape index (κ2) is 8.80. The Morgan fingerprint density at radius 1 is 1.06 bits per heavy atom. The number of carbonyl (C=O) groups excluding carboxylic acids is 1. The number of halogens is 1. The first-order chi connectivity index (χ1) is 15.7. The summed E-state index contributed by atoms with van der Waals surface area (Å²) < 4.78 is 48.6. The lowest BCUT2D eigenvalue weighted by molar-refractivity contribution is 0.0998. The molecule has 170 valence electrons. The second-order valence-electron chi connectivity index (χ2n) is 7.26. The van der Waals surface area contributed by atoms with Gasteiger partial charge in [0.05, 0.1) is 16.7 Å². The normalized spacial score (nSPS) is 12.2. The monoisotopic (exact) mass is 485 g/mol. The Kier molecular flexibility index (Phi) is 6.05. The third-order valence-corrected chi connectivity index (χ3v) is 7.70. The first-order valence-electron chi connectivity index (χ1n) is 9.80. The first-order valence-corrected chi connectivity index (χ1v) is 12.1. The summed E-state index contributed by atoms with van der Waals surface area (Å²) in [6.07, 6.45) is 0. The molecule has 0 radical (unpaired) electrons. The van der Waals surface area contributed by atoms with Gasteiger partial charge in [-0.1, -0.05) is 17.4 Å². The van der Waals surface area contributed by atoms with E-state index in [4.69, 9.17) is 4.74 Å². The number of fused-ring (bicyclic) bond motifs is 1. The number of aromatic nitrogens is 1. The SMILES string of the molecule is COc1ccc(C)c2sc(=NC(=O)c3ccc(NS(=O)(=O)c4ccc(F)cc4)cc3)n(C)c12. The van der Waals surface area contributed by atoms with E-state index in [1.165, 1.54) is 47.7 Å². The molecule has 33 heavy (non-hydrogen) atoms. The highest BCUT2D eigenvalue weighted by Crippen LogP contribution is 2.29. The minimum absolute atomic E-state index is 0.0676. The lowest BCUT2D eigenvalue weighted by Gasteiger charge is -2.08. The molecule has 1 amide bonds. The van der Waals surface area contributed by atoms with E-state index in [2.05, 4.69) is 9.71 Å². The molecule has 0 spiro atoms. The summed E-state index contributed by atoms with van der Waals surface area (Å²) in [5, 5.41) is 0. The number of amides is 1. The fourth-order valence-electron chi connectivity index (χ4n) is 3.28. The average Bonchev–Trinajstić information content (AvgIpc) is 3.12. The molecule has 0 unspecified atom stereocenters. The molecule has 4 rings (SSSR count). The van der Waals surface area contributed by atoms with Crippen molar-refractivity contribution < 1.29 is 22.3 Å². The number of aryl methyl sites for hydroxylation is 2. The van der Waals surface area contributed by atoms with Crippen LogP contribution < -0.4 is 14.3 Å². The number of anilines is 1. The molecule has 0 aliphatic heterocycles. The first kappa shape index (κ1) is 22.7. The lowest BCUT2D eigenvalue weighted by atomic mass is 10.2.